The molecule has 2 aliphatic rings. The average molecular weight is 416 g/mol. The van der Waals surface area contributed by atoms with E-state index in [1.807, 2.05) is 32.9 Å². The van der Waals surface area contributed by atoms with Crippen LogP contribution >= 0.6 is 0 Å². The first kappa shape index (κ1) is 22.6. The maximum atomic E-state index is 12.5. The summed E-state index contributed by atoms with van der Waals surface area (Å²) in [5.74, 6) is 0.355. The van der Waals surface area contributed by atoms with Gasteiger partial charge in [0, 0.05) is 5.56 Å². The average Bonchev–Trinajstić information content (AvgIpc) is 3.04. The minimum Gasteiger partial charge on any atom is -0.508 e. The summed E-state index contributed by atoms with van der Waals surface area (Å²) in [7, 11) is 0. The van der Waals surface area contributed by atoms with Crippen molar-refractivity contribution in [1.82, 2.24) is 0 Å². The second kappa shape index (κ2) is 8.60. The van der Waals surface area contributed by atoms with Crippen molar-refractivity contribution < 1.29 is 19.5 Å². The molecule has 0 aromatic heterocycles. The Morgan fingerprint density at radius 3 is 2.40 bits per heavy atom. The highest BCUT2D eigenvalue weighted by Crippen LogP contribution is 2.43. The predicted molar refractivity (Wildman–Crippen MR) is 119 cm³/mol. The van der Waals surface area contributed by atoms with E-state index in [0.29, 0.717) is 5.92 Å². The van der Waals surface area contributed by atoms with Gasteiger partial charge in [-0.2, -0.15) is 0 Å². The number of aromatic hydroxyl groups is 1. The van der Waals surface area contributed by atoms with Gasteiger partial charge < -0.3 is 14.7 Å². The van der Waals surface area contributed by atoms with E-state index in [9.17, 15) is 9.90 Å². The first-order chi connectivity index (χ1) is 14.0. The zero-order chi connectivity index (χ0) is 22.1. The maximum Gasteiger partial charge on any atom is 0.310 e. The second-order valence-electron chi connectivity index (χ2n) is 10.9. The molecule has 1 aliphatic heterocycles. The van der Waals surface area contributed by atoms with Gasteiger partial charge in [0.2, 0.25) is 0 Å². The summed E-state index contributed by atoms with van der Waals surface area (Å²) < 4.78 is 5.53. The molecular formula is C25H37NO4. The zero-order valence-corrected chi connectivity index (χ0v) is 19.3. The number of carbonyl (C=O) groups excluding carboxylic acids is 1. The number of nitrogens with zero attached hydrogens (tertiary/aromatic N) is 1. The Hall–Kier alpha value is -2.04. The Morgan fingerprint density at radius 1 is 1.13 bits per heavy atom. The summed E-state index contributed by atoms with van der Waals surface area (Å²) in [4.78, 5) is 18.3. The number of oxime groups is 1. The van der Waals surface area contributed by atoms with Crippen molar-refractivity contribution >= 4 is 11.7 Å². The fourth-order valence-electron chi connectivity index (χ4n) is 4.84. The molecule has 166 valence electrons. The summed E-state index contributed by atoms with van der Waals surface area (Å²) in [6, 6.07) is 5.64. The Morgan fingerprint density at radius 2 is 1.80 bits per heavy atom. The van der Waals surface area contributed by atoms with E-state index in [1.54, 1.807) is 6.07 Å². The van der Waals surface area contributed by atoms with Crippen molar-refractivity contribution in [3.05, 3.63) is 29.3 Å². The Kier molecular flexibility index (Phi) is 6.49. The molecule has 0 saturated heterocycles. The second-order valence-corrected chi connectivity index (χ2v) is 10.9. The number of rotatable bonds is 4. The van der Waals surface area contributed by atoms with Crippen molar-refractivity contribution in [2.45, 2.75) is 97.7 Å². The van der Waals surface area contributed by atoms with E-state index in [-0.39, 0.29) is 35.6 Å². The molecule has 1 fully saturated rings. The van der Waals surface area contributed by atoms with Gasteiger partial charge in [-0.25, -0.2) is 0 Å². The van der Waals surface area contributed by atoms with Crippen LogP contribution in [-0.2, 0) is 14.4 Å². The molecular weight excluding hydrogens is 378 g/mol. The molecule has 5 heteroatoms. The van der Waals surface area contributed by atoms with Crippen LogP contribution in [0.5, 0.6) is 5.75 Å². The van der Waals surface area contributed by atoms with Crippen LogP contribution in [0.25, 0.3) is 0 Å². The number of hydrogen-bond donors (Lipinski definition) is 1. The van der Waals surface area contributed by atoms with Crippen LogP contribution in [0.4, 0.5) is 0 Å². The first-order valence-corrected chi connectivity index (χ1v) is 11.2. The van der Waals surface area contributed by atoms with E-state index in [1.165, 1.54) is 24.8 Å². The number of hydrogen-bond acceptors (Lipinski definition) is 5. The molecule has 1 aliphatic carbocycles. The number of carbonyl (C=O) groups is 1. The number of esters is 1. The van der Waals surface area contributed by atoms with Crippen LogP contribution in [-0.4, -0.2) is 28.5 Å². The first-order valence-electron chi connectivity index (χ1n) is 11.2. The molecule has 5 nitrogen and oxygen atoms in total. The van der Waals surface area contributed by atoms with E-state index < -0.39 is 5.60 Å². The van der Waals surface area contributed by atoms with Crippen LogP contribution < -0.4 is 0 Å². The standard InChI is InChI=1S/C25H37NO4/c1-24(2,3)22-20(15-21(28)29-25(4,5)6)30-26-23(22)19-14-17(27)12-13-18(19)16-10-8-7-9-11-16/h12-14,16,20,22,27H,7-11,15H2,1-6H3. The highest BCUT2D eigenvalue weighted by atomic mass is 16.6. The smallest absolute Gasteiger partial charge is 0.310 e. The van der Waals surface area contributed by atoms with Gasteiger partial charge in [0.05, 0.1) is 18.1 Å². The molecule has 0 amide bonds. The maximum absolute atomic E-state index is 12.5. The van der Waals surface area contributed by atoms with Crippen LogP contribution in [0.2, 0.25) is 0 Å². The van der Waals surface area contributed by atoms with Crippen molar-refractivity contribution in [1.29, 1.82) is 0 Å². The monoisotopic (exact) mass is 415 g/mol. The summed E-state index contributed by atoms with van der Waals surface area (Å²) >= 11 is 0. The van der Waals surface area contributed by atoms with E-state index >= 15 is 0 Å². The fourth-order valence-corrected chi connectivity index (χ4v) is 4.84. The van der Waals surface area contributed by atoms with Gasteiger partial charge in [0.15, 0.2) is 0 Å². The molecule has 2 atom stereocenters. The molecule has 1 aromatic carbocycles. The molecule has 1 saturated carbocycles. The number of ether oxygens (including phenoxy) is 1. The van der Waals surface area contributed by atoms with Crippen molar-refractivity contribution in [2.75, 3.05) is 0 Å². The zero-order valence-electron chi connectivity index (χ0n) is 19.3. The number of phenolic OH excluding ortho intramolecular Hbond substituents is 1. The van der Waals surface area contributed by atoms with E-state index in [2.05, 4.69) is 25.9 Å². The normalized spacial score (nSPS) is 23.1. The predicted octanol–water partition coefficient (Wildman–Crippen LogP) is 5.94. The third-order valence-electron chi connectivity index (χ3n) is 6.03. The summed E-state index contributed by atoms with van der Waals surface area (Å²) in [6.07, 6.45) is 5.85. The van der Waals surface area contributed by atoms with Gasteiger partial charge in [0.1, 0.15) is 17.5 Å². The van der Waals surface area contributed by atoms with Crippen molar-refractivity contribution in [3.8, 4) is 5.75 Å². The van der Waals surface area contributed by atoms with Crippen LogP contribution in [0, 0.1) is 11.3 Å². The Balaban J connectivity index is 1.92. The summed E-state index contributed by atoms with van der Waals surface area (Å²) in [6.45, 7) is 12.0. The Labute approximate surface area is 180 Å². The van der Waals surface area contributed by atoms with Crippen molar-refractivity contribution in [2.24, 2.45) is 16.5 Å². The van der Waals surface area contributed by atoms with Gasteiger partial charge in [-0.3, -0.25) is 4.79 Å². The molecule has 2 unspecified atom stereocenters. The van der Waals surface area contributed by atoms with Crippen LogP contribution in [0.15, 0.2) is 23.4 Å². The minimum atomic E-state index is -0.532. The molecule has 1 heterocycles. The Bertz CT molecular complexity index is 794. The third kappa shape index (κ3) is 5.35. The molecule has 0 spiro atoms. The fraction of sp³-hybridized carbons (Fsp3) is 0.680. The lowest BCUT2D eigenvalue weighted by atomic mass is 9.70. The summed E-state index contributed by atoms with van der Waals surface area (Å²) in [5, 5.41) is 14.7. The highest BCUT2D eigenvalue weighted by Gasteiger charge is 2.45. The minimum absolute atomic E-state index is 0.0749. The van der Waals surface area contributed by atoms with Gasteiger partial charge in [0.25, 0.3) is 0 Å². The van der Waals surface area contributed by atoms with E-state index in [4.69, 9.17) is 9.57 Å². The molecule has 1 aromatic rings. The number of benzene rings is 1. The lowest BCUT2D eigenvalue weighted by Crippen LogP contribution is -2.38. The third-order valence-corrected chi connectivity index (χ3v) is 6.03. The lowest BCUT2D eigenvalue weighted by Gasteiger charge is -2.32. The van der Waals surface area contributed by atoms with Gasteiger partial charge in [-0.15, -0.1) is 0 Å². The van der Waals surface area contributed by atoms with Crippen LogP contribution in [0.3, 0.4) is 0 Å². The number of phenols is 1. The molecule has 3 rings (SSSR count). The molecule has 0 bridgehead atoms. The lowest BCUT2D eigenvalue weighted by molar-refractivity contribution is -0.158. The summed E-state index contributed by atoms with van der Waals surface area (Å²) in [5.41, 5.74) is 2.34. The molecule has 0 radical (unpaired) electrons. The van der Waals surface area contributed by atoms with Crippen LogP contribution in [0.1, 0.15) is 97.1 Å². The topological polar surface area (TPSA) is 68.1 Å². The van der Waals surface area contributed by atoms with Gasteiger partial charge >= 0.3 is 5.97 Å². The SMILES string of the molecule is CC(C)(C)OC(=O)CC1ON=C(c2cc(O)ccc2C2CCCCC2)C1C(C)(C)C. The largest absolute Gasteiger partial charge is 0.508 e. The van der Waals surface area contributed by atoms with Gasteiger partial charge in [-0.1, -0.05) is 51.3 Å². The van der Waals surface area contributed by atoms with Gasteiger partial charge in [-0.05, 0) is 62.6 Å². The molecule has 30 heavy (non-hydrogen) atoms. The highest BCUT2D eigenvalue weighted by molar-refractivity contribution is 6.05. The molecule has 1 N–H and O–H groups in total. The quantitative estimate of drug-likeness (QED) is 0.618. The van der Waals surface area contributed by atoms with E-state index in [0.717, 1.165) is 24.1 Å². The van der Waals surface area contributed by atoms with Crippen molar-refractivity contribution in [3.63, 3.8) is 0 Å².